The van der Waals surface area contributed by atoms with Crippen LogP contribution in [0.15, 0.2) is 0 Å². The second-order valence-electron chi connectivity index (χ2n) is 8.30. The highest BCUT2D eigenvalue weighted by Gasteiger charge is 2.61. The zero-order valence-electron chi connectivity index (χ0n) is 18.0. The number of thiol groups is 4. The molecule has 0 heterocycles. The number of hydrogen-bond donors (Lipinski definition) is 8. The summed E-state index contributed by atoms with van der Waals surface area (Å²) in [5.41, 5.74) is -3.46. The first-order chi connectivity index (χ1) is 13.6. The second kappa shape index (κ2) is 15.9. The molecule has 0 spiro atoms. The van der Waals surface area contributed by atoms with Crippen molar-refractivity contribution >= 4 is 50.5 Å². The molecule has 0 rings (SSSR count). The molecule has 0 aliphatic carbocycles. The standard InChI is InChI=1S/C21H44O4S4/c1-2-3-4-5-6-7-8-9-10-11-12-13-14-15-16-20(24,27)19(17-22,18(23)26)21(25,28)29/h18,22-29H,2-17H2,1H3. The molecule has 0 aromatic carbocycles. The largest absolute Gasteiger partial charge is 0.395 e. The van der Waals surface area contributed by atoms with E-state index in [9.17, 15) is 20.4 Å². The molecule has 4 N–H and O–H groups in total. The molecule has 3 unspecified atom stereocenters. The summed E-state index contributed by atoms with van der Waals surface area (Å²) in [5, 5.41) is 40.7. The average Bonchev–Trinajstić information content (AvgIpc) is 2.61. The van der Waals surface area contributed by atoms with Crippen LogP contribution in [0.1, 0.15) is 103 Å². The van der Waals surface area contributed by atoms with E-state index in [0.717, 1.165) is 19.3 Å². The van der Waals surface area contributed by atoms with Gasteiger partial charge in [0, 0.05) is 0 Å². The smallest absolute Gasteiger partial charge is 0.166 e. The third-order valence-corrected chi connectivity index (χ3v) is 7.74. The van der Waals surface area contributed by atoms with E-state index in [-0.39, 0.29) is 6.42 Å². The molecular formula is C21H44O4S4. The molecule has 0 fully saturated rings. The Morgan fingerprint density at radius 1 is 0.690 bits per heavy atom. The lowest BCUT2D eigenvalue weighted by molar-refractivity contribution is -0.136. The molecule has 0 amide bonds. The molecule has 3 atom stereocenters. The zero-order chi connectivity index (χ0) is 22.4. The van der Waals surface area contributed by atoms with Crippen molar-refractivity contribution in [3.05, 3.63) is 0 Å². The lowest BCUT2D eigenvalue weighted by Crippen LogP contribution is -2.62. The van der Waals surface area contributed by atoms with E-state index < -0.39 is 26.7 Å². The molecular weight excluding hydrogens is 444 g/mol. The first-order valence-corrected chi connectivity index (χ1v) is 13.0. The van der Waals surface area contributed by atoms with Crippen molar-refractivity contribution in [2.24, 2.45) is 5.41 Å². The van der Waals surface area contributed by atoms with E-state index in [0.29, 0.717) is 6.42 Å². The Labute approximate surface area is 200 Å². The normalized spacial score (nSPS) is 17.7. The number of hydrogen-bond acceptors (Lipinski definition) is 8. The predicted molar refractivity (Wildman–Crippen MR) is 136 cm³/mol. The van der Waals surface area contributed by atoms with Gasteiger partial charge < -0.3 is 20.4 Å². The lowest BCUT2D eigenvalue weighted by Gasteiger charge is -2.50. The van der Waals surface area contributed by atoms with Crippen LogP contribution in [-0.4, -0.2) is 41.7 Å². The first-order valence-electron chi connectivity index (χ1n) is 11.2. The van der Waals surface area contributed by atoms with Crippen LogP contribution in [0, 0.1) is 5.41 Å². The Kier molecular flexibility index (Phi) is 16.6. The van der Waals surface area contributed by atoms with Crippen molar-refractivity contribution in [1.82, 2.24) is 0 Å². The van der Waals surface area contributed by atoms with Gasteiger partial charge in [-0.3, -0.25) is 0 Å². The molecule has 0 aliphatic rings. The van der Waals surface area contributed by atoms with Crippen molar-refractivity contribution in [3.63, 3.8) is 0 Å². The molecule has 0 saturated heterocycles. The minimum Gasteiger partial charge on any atom is -0.395 e. The van der Waals surface area contributed by atoms with Gasteiger partial charge in [-0.2, -0.15) is 0 Å². The monoisotopic (exact) mass is 488 g/mol. The Morgan fingerprint density at radius 3 is 1.31 bits per heavy atom. The van der Waals surface area contributed by atoms with Crippen molar-refractivity contribution in [1.29, 1.82) is 0 Å². The molecule has 0 aromatic rings. The fraction of sp³-hybridized carbons (Fsp3) is 1.00. The summed E-state index contributed by atoms with van der Waals surface area (Å²) < 4.78 is -2.16. The highest BCUT2D eigenvalue weighted by Crippen LogP contribution is 2.53. The fourth-order valence-corrected chi connectivity index (χ4v) is 5.98. The summed E-state index contributed by atoms with van der Waals surface area (Å²) >= 11 is 16.0. The summed E-state index contributed by atoms with van der Waals surface area (Å²) in [4.78, 5) is -1.88. The van der Waals surface area contributed by atoms with Crippen LogP contribution in [0.2, 0.25) is 0 Å². The molecule has 0 radical (unpaired) electrons. The van der Waals surface area contributed by atoms with Gasteiger partial charge in [0.15, 0.2) is 4.27 Å². The Bertz CT molecular complexity index is 403. The molecule has 0 saturated carbocycles. The van der Waals surface area contributed by atoms with Gasteiger partial charge >= 0.3 is 0 Å². The molecule has 0 bridgehead atoms. The molecule has 8 heteroatoms. The van der Waals surface area contributed by atoms with E-state index in [1.807, 2.05) is 0 Å². The Hall–Kier alpha value is 1.24. The van der Waals surface area contributed by atoms with Crippen LogP contribution >= 0.6 is 50.5 Å². The van der Waals surface area contributed by atoms with Gasteiger partial charge in [0.2, 0.25) is 0 Å². The van der Waals surface area contributed by atoms with Crippen molar-refractivity contribution in [3.8, 4) is 0 Å². The lowest BCUT2D eigenvalue weighted by atomic mass is 9.80. The molecule has 4 nitrogen and oxygen atoms in total. The fourth-order valence-electron chi connectivity index (χ4n) is 3.75. The van der Waals surface area contributed by atoms with Crippen LogP contribution in [0.25, 0.3) is 0 Å². The van der Waals surface area contributed by atoms with Crippen molar-refractivity contribution in [2.45, 2.75) is 118 Å². The topological polar surface area (TPSA) is 80.9 Å². The summed E-state index contributed by atoms with van der Waals surface area (Å²) in [7, 11) is 0. The SMILES string of the molecule is CCCCCCCCCCCCCCCCC(O)(S)C(CO)(C(O)S)C(O)(S)S. The second-order valence-corrected chi connectivity index (χ2v) is 11.2. The van der Waals surface area contributed by atoms with E-state index >= 15 is 0 Å². The van der Waals surface area contributed by atoms with E-state index in [2.05, 4.69) is 57.4 Å². The van der Waals surface area contributed by atoms with Gasteiger partial charge in [-0.15, -0.1) is 50.5 Å². The van der Waals surface area contributed by atoms with Gasteiger partial charge in [0.05, 0.1) is 6.61 Å². The van der Waals surface area contributed by atoms with Gasteiger partial charge in [-0.1, -0.05) is 90.4 Å². The summed E-state index contributed by atoms with van der Waals surface area (Å²) in [5.74, 6) is 0. The predicted octanol–water partition coefficient (Wildman–Crippen LogP) is 5.21. The van der Waals surface area contributed by atoms with E-state index in [1.54, 1.807) is 0 Å². The van der Waals surface area contributed by atoms with Gasteiger partial charge in [0.1, 0.15) is 15.8 Å². The van der Waals surface area contributed by atoms with Gasteiger partial charge in [0.25, 0.3) is 0 Å². The highest BCUT2D eigenvalue weighted by atomic mass is 32.2. The zero-order valence-corrected chi connectivity index (χ0v) is 21.5. The Morgan fingerprint density at radius 2 is 1.03 bits per heavy atom. The first kappa shape index (κ1) is 30.2. The number of unbranched alkanes of at least 4 members (excludes halogenated alkanes) is 13. The summed E-state index contributed by atoms with van der Waals surface area (Å²) in [6.45, 7) is 1.48. The Balaban J connectivity index is 3.96. The highest BCUT2D eigenvalue weighted by molar-refractivity contribution is 8.00. The molecule has 29 heavy (non-hydrogen) atoms. The minimum atomic E-state index is -2.16. The maximum Gasteiger partial charge on any atom is 0.166 e. The third-order valence-electron chi connectivity index (χ3n) is 5.88. The van der Waals surface area contributed by atoms with Gasteiger partial charge in [-0.05, 0) is 12.8 Å². The molecule has 0 aliphatic heterocycles. The average molecular weight is 489 g/mol. The van der Waals surface area contributed by atoms with Crippen LogP contribution in [0.4, 0.5) is 0 Å². The van der Waals surface area contributed by atoms with Crippen molar-refractivity contribution in [2.75, 3.05) is 6.61 Å². The van der Waals surface area contributed by atoms with E-state index in [4.69, 9.17) is 0 Å². The summed E-state index contributed by atoms with van der Waals surface area (Å²) in [6.07, 6.45) is 17.3. The molecule has 176 valence electrons. The minimum absolute atomic E-state index is 0.176. The van der Waals surface area contributed by atoms with Gasteiger partial charge in [-0.25, -0.2) is 0 Å². The number of aliphatic hydroxyl groups is 4. The van der Waals surface area contributed by atoms with Crippen LogP contribution in [0.5, 0.6) is 0 Å². The summed E-state index contributed by atoms with van der Waals surface area (Å²) in [6, 6.07) is 0. The molecule has 0 aromatic heterocycles. The number of aliphatic hydroxyl groups excluding tert-OH is 2. The quantitative estimate of drug-likeness (QED) is 0.0729. The number of rotatable bonds is 19. The van der Waals surface area contributed by atoms with Crippen LogP contribution < -0.4 is 0 Å². The van der Waals surface area contributed by atoms with Crippen LogP contribution in [0.3, 0.4) is 0 Å². The maximum atomic E-state index is 10.8. The van der Waals surface area contributed by atoms with Crippen molar-refractivity contribution < 1.29 is 20.4 Å². The van der Waals surface area contributed by atoms with E-state index in [1.165, 1.54) is 64.2 Å². The maximum absolute atomic E-state index is 10.8. The van der Waals surface area contributed by atoms with Crippen LogP contribution in [-0.2, 0) is 0 Å². The third kappa shape index (κ3) is 10.6.